The van der Waals surface area contributed by atoms with Crippen molar-refractivity contribution in [3.8, 4) is 0 Å². The van der Waals surface area contributed by atoms with Crippen LogP contribution >= 0.6 is 11.3 Å². The zero-order valence-corrected chi connectivity index (χ0v) is 4.67. The largest absolute Gasteiger partial charge is 0.521 e. The summed E-state index contributed by atoms with van der Waals surface area (Å²) in [7, 11) is -1.47. The van der Waals surface area contributed by atoms with Crippen LogP contribution in [0.15, 0.2) is 5.51 Å². The van der Waals surface area contributed by atoms with Crippen molar-refractivity contribution in [3.05, 3.63) is 5.51 Å². The Morgan fingerprint density at radius 1 is 1.62 bits per heavy atom. The van der Waals surface area contributed by atoms with Gasteiger partial charge in [-0.15, -0.1) is 21.5 Å². The van der Waals surface area contributed by atoms with Gasteiger partial charge in [-0.1, -0.05) is 0 Å². The molecule has 0 unspecified atom stereocenters. The van der Waals surface area contributed by atoms with Gasteiger partial charge >= 0.3 is 7.12 Å². The third kappa shape index (κ3) is 1.03. The summed E-state index contributed by atoms with van der Waals surface area (Å²) in [6, 6.07) is 0. The average molecular weight is 130 g/mol. The van der Waals surface area contributed by atoms with Gasteiger partial charge in [0.05, 0.1) is 0 Å². The molecule has 1 rings (SSSR count). The Balaban J connectivity index is 2.77. The zero-order chi connectivity index (χ0) is 5.98. The second kappa shape index (κ2) is 2.21. The standard InChI is InChI=1S/C2H3BN2O2S/c6-3(7)2-5-4-1-8-2/h1,6-7H. The summed E-state index contributed by atoms with van der Waals surface area (Å²) >= 11 is 1.11. The van der Waals surface area contributed by atoms with Gasteiger partial charge < -0.3 is 10.0 Å². The summed E-state index contributed by atoms with van der Waals surface area (Å²) in [6.07, 6.45) is 0. The van der Waals surface area contributed by atoms with E-state index in [1.165, 1.54) is 5.51 Å². The molecule has 0 aliphatic carbocycles. The maximum absolute atomic E-state index is 8.38. The Labute approximate surface area is 50.0 Å². The lowest BCUT2D eigenvalue weighted by Crippen LogP contribution is -2.29. The molecule has 4 nitrogen and oxygen atoms in total. The van der Waals surface area contributed by atoms with Crippen LogP contribution in [0.1, 0.15) is 0 Å². The average Bonchev–Trinajstić information content (AvgIpc) is 2.12. The van der Waals surface area contributed by atoms with E-state index in [2.05, 4.69) is 10.2 Å². The van der Waals surface area contributed by atoms with Crippen molar-refractivity contribution in [2.45, 2.75) is 0 Å². The molecule has 0 amide bonds. The fourth-order valence-electron chi connectivity index (χ4n) is 0.294. The molecule has 0 aliphatic heterocycles. The van der Waals surface area contributed by atoms with Crippen LogP contribution in [0.4, 0.5) is 0 Å². The molecule has 0 saturated carbocycles. The molecule has 0 aliphatic rings. The van der Waals surface area contributed by atoms with E-state index in [-0.39, 0.29) is 4.91 Å². The number of aromatic nitrogens is 2. The Morgan fingerprint density at radius 2 is 2.38 bits per heavy atom. The highest BCUT2D eigenvalue weighted by atomic mass is 32.1. The molecule has 42 valence electrons. The first-order chi connectivity index (χ1) is 3.80. The third-order valence-corrected chi connectivity index (χ3v) is 1.33. The predicted octanol–water partition coefficient (Wildman–Crippen LogP) is -1.78. The van der Waals surface area contributed by atoms with Gasteiger partial charge in [-0.05, 0) is 0 Å². The van der Waals surface area contributed by atoms with Crippen LogP contribution < -0.4 is 4.91 Å². The predicted molar refractivity (Wildman–Crippen MR) is 29.7 cm³/mol. The monoisotopic (exact) mass is 130 g/mol. The summed E-state index contributed by atoms with van der Waals surface area (Å²) in [4.78, 5) is 0.227. The Bertz CT molecular complexity index is 153. The molecular formula is C2H3BN2O2S. The van der Waals surface area contributed by atoms with E-state index in [0.29, 0.717) is 0 Å². The second-order valence-electron chi connectivity index (χ2n) is 1.15. The SMILES string of the molecule is OB(O)c1nncs1. The van der Waals surface area contributed by atoms with Gasteiger partial charge in [0.15, 0.2) is 0 Å². The van der Waals surface area contributed by atoms with Crippen molar-refractivity contribution in [2.75, 3.05) is 0 Å². The molecule has 0 saturated heterocycles. The molecule has 2 N–H and O–H groups in total. The number of hydrogen-bond acceptors (Lipinski definition) is 5. The Hall–Kier alpha value is -0.455. The molecule has 1 aromatic rings. The molecular weight excluding hydrogens is 127 g/mol. The fourth-order valence-corrected chi connectivity index (χ4v) is 0.712. The second-order valence-corrected chi connectivity index (χ2v) is 2.02. The van der Waals surface area contributed by atoms with Crippen LogP contribution in [0.3, 0.4) is 0 Å². The number of hydrogen-bond donors (Lipinski definition) is 2. The van der Waals surface area contributed by atoms with Gasteiger partial charge in [0.25, 0.3) is 0 Å². The Kier molecular flexibility index (Phi) is 1.57. The third-order valence-electron chi connectivity index (χ3n) is 0.598. The maximum Gasteiger partial charge on any atom is 0.521 e. The number of rotatable bonds is 1. The summed E-state index contributed by atoms with van der Waals surface area (Å²) in [6.45, 7) is 0. The van der Waals surface area contributed by atoms with Crippen molar-refractivity contribution in [1.82, 2.24) is 10.2 Å². The van der Waals surface area contributed by atoms with Gasteiger partial charge in [0.1, 0.15) is 10.4 Å². The van der Waals surface area contributed by atoms with Crippen molar-refractivity contribution < 1.29 is 10.0 Å². The van der Waals surface area contributed by atoms with Crippen LogP contribution in [0.5, 0.6) is 0 Å². The Morgan fingerprint density at radius 3 is 2.62 bits per heavy atom. The molecule has 0 fully saturated rings. The van der Waals surface area contributed by atoms with E-state index in [1.807, 2.05) is 0 Å². The lowest BCUT2D eigenvalue weighted by atomic mass is 9.95. The van der Waals surface area contributed by atoms with Crippen LogP contribution in [0.2, 0.25) is 0 Å². The van der Waals surface area contributed by atoms with Crippen molar-refractivity contribution in [2.24, 2.45) is 0 Å². The molecule has 1 heterocycles. The summed E-state index contributed by atoms with van der Waals surface area (Å²) in [5.41, 5.74) is 1.44. The molecule has 0 bridgehead atoms. The normalized spacial score (nSPS) is 9.25. The van der Waals surface area contributed by atoms with Gasteiger partial charge in [-0.2, -0.15) is 0 Å². The first-order valence-electron chi connectivity index (χ1n) is 1.93. The van der Waals surface area contributed by atoms with E-state index in [4.69, 9.17) is 10.0 Å². The molecule has 0 aromatic carbocycles. The molecule has 0 spiro atoms. The van der Waals surface area contributed by atoms with Gasteiger partial charge in [0.2, 0.25) is 0 Å². The minimum atomic E-state index is -1.47. The molecule has 6 heteroatoms. The van der Waals surface area contributed by atoms with Gasteiger partial charge in [0, 0.05) is 0 Å². The van der Waals surface area contributed by atoms with Crippen molar-refractivity contribution in [1.29, 1.82) is 0 Å². The van der Waals surface area contributed by atoms with E-state index in [9.17, 15) is 0 Å². The van der Waals surface area contributed by atoms with Gasteiger partial charge in [-0.25, -0.2) is 0 Å². The van der Waals surface area contributed by atoms with E-state index < -0.39 is 7.12 Å². The van der Waals surface area contributed by atoms with Crippen LogP contribution in [0, 0.1) is 0 Å². The molecule has 8 heavy (non-hydrogen) atoms. The minimum absolute atomic E-state index is 0.227. The summed E-state index contributed by atoms with van der Waals surface area (Å²) in [5, 5.41) is 23.5. The smallest absolute Gasteiger partial charge is 0.422 e. The zero-order valence-electron chi connectivity index (χ0n) is 3.85. The van der Waals surface area contributed by atoms with Gasteiger partial charge in [-0.3, -0.25) is 0 Å². The van der Waals surface area contributed by atoms with Crippen LogP contribution in [-0.4, -0.2) is 27.4 Å². The number of nitrogens with zero attached hydrogens (tertiary/aromatic N) is 2. The fraction of sp³-hybridized carbons (Fsp3) is 0. The van der Waals surface area contributed by atoms with Crippen molar-refractivity contribution >= 4 is 23.4 Å². The van der Waals surface area contributed by atoms with Crippen LogP contribution in [0.25, 0.3) is 0 Å². The summed E-state index contributed by atoms with van der Waals surface area (Å²) < 4.78 is 0. The van der Waals surface area contributed by atoms with Crippen molar-refractivity contribution in [3.63, 3.8) is 0 Å². The molecule has 0 atom stereocenters. The van der Waals surface area contributed by atoms with E-state index in [0.717, 1.165) is 11.3 Å². The first kappa shape index (κ1) is 5.68. The molecule has 1 aromatic heterocycles. The highest BCUT2D eigenvalue weighted by Crippen LogP contribution is 1.83. The quantitative estimate of drug-likeness (QED) is 0.441. The minimum Gasteiger partial charge on any atom is -0.422 e. The van der Waals surface area contributed by atoms with E-state index >= 15 is 0 Å². The lowest BCUT2D eigenvalue weighted by Gasteiger charge is -1.83. The first-order valence-corrected chi connectivity index (χ1v) is 2.81. The highest BCUT2D eigenvalue weighted by Gasteiger charge is 2.13. The van der Waals surface area contributed by atoms with Crippen LogP contribution in [-0.2, 0) is 0 Å². The highest BCUT2D eigenvalue weighted by molar-refractivity contribution is 7.19. The summed E-state index contributed by atoms with van der Waals surface area (Å²) in [5.74, 6) is 0. The lowest BCUT2D eigenvalue weighted by molar-refractivity contribution is 0.425. The molecule has 0 radical (unpaired) electrons. The topological polar surface area (TPSA) is 66.2 Å². The maximum atomic E-state index is 8.38. The van der Waals surface area contributed by atoms with E-state index in [1.54, 1.807) is 0 Å².